The molecule has 5 nitrogen and oxygen atoms in total. The predicted molar refractivity (Wildman–Crippen MR) is 105 cm³/mol. The Balaban J connectivity index is 1.49. The summed E-state index contributed by atoms with van der Waals surface area (Å²) in [6.07, 6.45) is 3.83. The van der Waals surface area contributed by atoms with E-state index in [1.807, 2.05) is 42.6 Å². The summed E-state index contributed by atoms with van der Waals surface area (Å²) in [6.45, 7) is 6.19. The van der Waals surface area contributed by atoms with Gasteiger partial charge in [0.1, 0.15) is 5.82 Å². The van der Waals surface area contributed by atoms with Crippen LogP contribution in [-0.4, -0.2) is 48.5 Å². The number of hydrogen-bond acceptors (Lipinski definition) is 4. The van der Waals surface area contributed by atoms with Gasteiger partial charge in [0.05, 0.1) is 12.6 Å². The van der Waals surface area contributed by atoms with Crippen molar-refractivity contribution in [3.63, 3.8) is 0 Å². The van der Waals surface area contributed by atoms with Crippen LogP contribution in [0.15, 0.2) is 54.7 Å². The fourth-order valence-corrected chi connectivity index (χ4v) is 3.42. The number of carbonyl (C=O) groups excluding carboxylic acids is 1. The van der Waals surface area contributed by atoms with Gasteiger partial charge in [-0.1, -0.05) is 49.7 Å². The van der Waals surface area contributed by atoms with E-state index in [0.29, 0.717) is 6.54 Å². The molecule has 0 bridgehead atoms. The molecule has 0 unspecified atom stereocenters. The summed E-state index contributed by atoms with van der Waals surface area (Å²) in [7, 11) is 0. The van der Waals surface area contributed by atoms with Crippen LogP contribution in [0.3, 0.4) is 0 Å². The van der Waals surface area contributed by atoms with Crippen molar-refractivity contribution in [2.75, 3.05) is 37.6 Å². The zero-order chi connectivity index (χ0) is 18.2. The third-order valence-electron chi connectivity index (χ3n) is 4.83. The Morgan fingerprint density at radius 3 is 2.46 bits per heavy atom. The average Bonchev–Trinajstić information content (AvgIpc) is 2.69. The maximum absolute atomic E-state index is 12.5. The highest BCUT2D eigenvalue weighted by atomic mass is 16.2. The second kappa shape index (κ2) is 9.34. The largest absolute Gasteiger partial charge is 0.354 e. The molecule has 0 radical (unpaired) electrons. The number of carbonyl (C=O) groups is 1. The van der Waals surface area contributed by atoms with Gasteiger partial charge in [-0.2, -0.15) is 0 Å². The SMILES string of the molecule is CCC[C@@H](NC(=O)CN1CCN(c2ccccn2)CC1)c1ccccc1. The maximum Gasteiger partial charge on any atom is 0.234 e. The van der Waals surface area contributed by atoms with E-state index in [1.54, 1.807) is 0 Å². The molecule has 1 aliphatic rings. The lowest BCUT2D eigenvalue weighted by Crippen LogP contribution is -2.50. The minimum Gasteiger partial charge on any atom is -0.354 e. The predicted octanol–water partition coefficient (Wildman–Crippen LogP) is 2.86. The Labute approximate surface area is 156 Å². The first-order valence-corrected chi connectivity index (χ1v) is 9.49. The van der Waals surface area contributed by atoms with Crippen molar-refractivity contribution in [3.8, 4) is 0 Å². The molecule has 1 aromatic carbocycles. The van der Waals surface area contributed by atoms with Crippen LogP contribution < -0.4 is 10.2 Å². The Hall–Kier alpha value is -2.40. The van der Waals surface area contributed by atoms with Crippen molar-refractivity contribution in [1.29, 1.82) is 0 Å². The van der Waals surface area contributed by atoms with Gasteiger partial charge in [-0.05, 0) is 24.1 Å². The topological polar surface area (TPSA) is 48.5 Å². The van der Waals surface area contributed by atoms with E-state index >= 15 is 0 Å². The van der Waals surface area contributed by atoms with E-state index in [9.17, 15) is 4.79 Å². The Morgan fingerprint density at radius 2 is 1.81 bits per heavy atom. The first kappa shape index (κ1) is 18.4. The van der Waals surface area contributed by atoms with Crippen LogP contribution >= 0.6 is 0 Å². The first-order chi connectivity index (χ1) is 12.8. The number of hydrogen-bond donors (Lipinski definition) is 1. The Kier molecular flexibility index (Phi) is 6.61. The summed E-state index contributed by atoms with van der Waals surface area (Å²) in [5.74, 6) is 1.13. The Morgan fingerprint density at radius 1 is 1.08 bits per heavy atom. The molecule has 26 heavy (non-hydrogen) atoms. The molecule has 1 aromatic heterocycles. The minimum atomic E-state index is 0.100. The van der Waals surface area contributed by atoms with Gasteiger partial charge >= 0.3 is 0 Å². The molecule has 2 heterocycles. The molecular weight excluding hydrogens is 324 g/mol. The van der Waals surface area contributed by atoms with Crippen LogP contribution in [0.2, 0.25) is 0 Å². The summed E-state index contributed by atoms with van der Waals surface area (Å²) < 4.78 is 0. The van der Waals surface area contributed by atoms with Crippen molar-refractivity contribution in [1.82, 2.24) is 15.2 Å². The summed E-state index contributed by atoms with van der Waals surface area (Å²) in [5.41, 5.74) is 1.18. The molecule has 1 fully saturated rings. The summed E-state index contributed by atoms with van der Waals surface area (Å²) in [4.78, 5) is 21.5. The molecule has 1 aliphatic heterocycles. The van der Waals surface area contributed by atoms with Gasteiger partial charge in [0.15, 0.2) is 0 Å². The molecule has 3 rings (SSSR count). The standard InChI is InChI=1S/C21H28N4O/c1-2-8-19(18-9-4-3-5-10-18)23-21(26)17-24-13-15-25(16-14-24)20-11-6-7-12-22-20/h3-7,9-12,19H,2,8,13-17H2,1H3,(H,23,26)/t19-/m1/s1. The van der Waals surface area contributed by atoms with Crippen molar-refractivity contribution in [3.05, 3.63) is 60.3 Å². The zero-order valence-corrected chi connectivity index (χ0v) is 15.5. The lowest BCUT2D eigenvalue weighted by molar-refractivity contribution is -0.123. The maximum atomic E-state index is 12.5. The highest BCUT2D eigenvalue weighted by Gasteiger charge is 2.21. The van der Waals surface area contributed by atoms with Crippen LogP contribution in [0, 0.1) is 0 Å². The van der Waals surface area contributed by atoms with E-state index in [4.69, 9.17) is 0 Å². The van der Waals surface area contributed by atoms with Gasteiger partial charge in [-0.15, -0.1) is 0 Å². The number of nitrogens with one attached hydrogen (secondary N) is 1. The molecule has 1 N–H and O–H groups in total. The zero-order valence-electron chi connectivity index (χ0n) is 15.5. The second-order valence-corrected chi connectivity index (χ2v) is 6.77. The average molecular weight is 352 g/mol. The molecule has 0 aliphatic carbocycles. The van der Waals surface area contributed by atoms with Gasteiger partial charge in [0.2, 0.25) is 5.91 Å². The molecule has 1 atom stereocenters. The Bertz CT molecular complexity index is 669. The van der Waals surface area contributed by atoms with E-state index in [1.165, 1.54) is 5.56 Å². The number of nitrogens with zero attached hydrogens (tertiary/aromatic N) is 3. The summed E-state index contributed by atoms with van der Waals surface area (Å²) >= 11 is 0. The van der Waals surface area contributed by atoms with Crippen molar-refractivity contribution in [2.45, 2.75) is 25.8 Å². The van der Waals surface area contributed by atoms with Crippen LogP contribution in [-0.2, 0) is 4.79 Å². The van der Waals surface area contributed by atoms with Crippen LogP contribution in [0.5, 0.6) is 0 Å². The monoisotopic (exact) mass is 352 g/mol. The van der Waals surface area contributed by atoms with Crippen molar-refractivity contribution < 1.29 is 4.79 Å². The van der Waals surface area contributed by atoms with Gasteiger partial charge in [-0.3, -0.25) is 9.69 Å². The molecule has 5 heteroatoms. The number of anilines is 1. The summed E-state index contributed by atoms with van der Waals surface area (Å²) in [6, 6.07) is 16.3. The fourth-order valence-electron chi connectivity index (χ4n) is 3.42. The van der Waals surface area contributed by atoms with Crippen LogP contribution in [0.1, 0.15) is 31.4 Å². The lowest BCUT2D eigenvalue weighted by atomic mass is 10.0. The third kappa shape index (κ3) is 5.05. The highest BCUT2D eigenvalue weighted by molar-refractivity contribution is 5.78. The van der Waals surface area contributed by atoms with Gasteiger partial charge < -0.3 is 10.2 Å². The van der Waals surface area contributed by atoms with Crippen LogP contribution in [0.25, 0.3) is 0 Å². The second-order valence-electron chi connectivity index (χ2n) is 6.77. The molecule has 138 valence electrons. The minimum absolute atomic E-state index is 0.100. The fraction of sp³-hybridized carbons (Fsp3) is 0.429. The lowest BCUT2D eigenvalue weighted by Gasteiger charge is -2.35. The van der Waals surface area contributed by atoms with Crippen molar-refractivity contribution in [2.24, 2.45) is 0 Å². The number of rotatable bonds is 7. The quantitative estimate of drug-likeness (QED) is 0.832. The van der Waals surface area contributed by atoms with Crippen LogP contribution in [0.4, 0.5) is 5.82 Å². The van der Waals surface area contributed by atoms with E-state index in [2.05, 4.69) is 39.2 Å². The number of benzene rings is 1. The van der Waals surface area contributed by atoms with Gasteiger partial charge in [-0.25, -0.2) is 4.98 Å². The van der Waals surface area contributed by atoms with Crippen molar-refractivity contribution >= 4 is 11.7 Å². The van der Waals surface area contributed by atoms with Gasteiger partial charge in [0, 0.05) is 32.4 Å². The van der Waals surface area contributed by atoms with E-state index in [-0.39, 0.29) is 11.9 Å². The number of pyridine rings is 1. The number of amides is 1. The molecule has 1 amide bonds. The highest BCUT2D eigenvalue weighted by Crippen LogP contribution is 2.18. The molecule has 0 saturated carbocycles. The third-order valence-corrected chi connectivity index (χ3v) is 4.83. The molecular formula is C21H28N4O. The molecule has 0 spiro atoms. The number of piperazine rings is 1. The summed E-state index contributed by atoms with van der Waals surface area (Å²) in [5, 5.41) is 3.22. The number of aromatic nitrogens is 1. The molecule has 1 saturated heterocycles. The first-order valence-electron chi connectivity index (χ1n) is 9.49. The normalized spacial score (nSPS) is 16.3. The van der Waals surface area contributed by atoms with Gasteiger partial charge in [0.25, 0.3) is 0 Å². The smallest absolute Gasteiger partial charge is 0.234 e. The molecule has 2 aromatic rings. The van der Waals surface area contributed by atoms with E-state index < -0.39 is 0 Å². The van der Waals surface area contributed by atoms with E-state index in [0.717, 1.165) is 44.8 Å².